The normalized spacial score (nSPS) is 12.0. The van der Waals surface area contributed by atoms with Crippen molar-refractivity contribution in [1.82, 2.24) is 20.1 Å². The molecule has 35 heavy (non-hydrogen) atoms. The van der Waals surface area contributed by atoms with Gasteiger partial charge in [-0.3, -0.25) is 9.59 Å². The average molecular weight is 535 g/mol. The Kier molecular flexibility index (Phi) is 9.21. The summed E-state index contributed by atoms with van der Waals surface area (Å²) in [6.45, 7) is 10.6. The molecule has 0 fully saturated rings. The van der Waals surface area contributed by atoms with Crippen molar-refractivity contribution in [1.29, 1.82) is 0 Å². The maximum atomic E-state index is 13.0. The summed E-state index contributed by atoms with van der Waals surface area (Å²) in [6, 6.07) is 10.2. The summed E-state index contributed by atoms with van der Waals surface area (Å²) in [7, 11) is 0. The number of carbonyl (C=O) groups excluding carboxylic acids is 2. The van der Waals surface area contributed by atoms with Crippen LogP contribution in [0.5, 0.6) is 0 Å². The number of hydrogen-bond acceptors (Lipinski definition) is 5. The van der Waals surface area contributed by atoms with E-state index in [-0.39, 0.29) is 28.5 Å². The number of aryl methyl sites for hydroxylation is 2. The second-order valence-corrected chi connectivity index (χ2v) is 10.3. The minimum absolute atomic E-state index is 0.0328. The van der Waals surface area contributed by atoms with Crippen LogP contribution in [-0.4, -0.2) is 32.3 Å². The lowest BCUT2D eigenvalue weighted by atomic mass is 10.0. The highest BCUT2D eigenvalue weighted by Gasteiger charge is 2.27. The smallest absolute Gasteiger partial charge is 0.253 e. The van der Waals surface area contributed by atoms with Crippen molar-refractivity contribution in [3.63, 3.8) is 0 Å². The largest absolute Gasteiger partial charge is 0.342 e. The number of hydrogen-bond donors (Lipinski definition) is 2. The summed E-state index contributed by atoms with van der Waals surface area (Å²) >= 11 is 13.5. The van der Waals surface area contributed by atoms with Crippen molar-refractivity contribution in [2.24, 2.45) is 5.92 Å². The van der Waals surface area contributed by atoms with Gasteiger partial charge < -0.3 is 15.2 Å². The van der Waals surface area contributed by atoms with Crippen molar-refractivity contribution < 1.29 is 9.59 Å². The molecule has 10 heteroatoms. The zero-order chi connectivity index (χ0) is 25.7. The van der Waals surface area contributed by atoms with Crippen molar-refractivity contribution in [2.75, 3.05) is 11.1 Å². The molecule has 7 nitrogen and oxygen atoms in total. The molecule has 0 bridgehead atoms. The van der Waals surface area contributed by atoms with E-state index < -0.39 is 6.04 Å². The Morgan fingerprint density at radius 2 is 1.80 bits per heavy atom. The number of benzene rings is 2. The molecule has 2 amide bonds. The molecule has 1 aromatic heterocycles. The monoisotopic (exact) mass is 533 g/mol. The molecule has 1 heterocycles. The quantitative estimate of drug-likeness (QED) is 0.325. The van der Waals surface area contributed by atoms with Gasteiger partial charge in [0.25, 0.3) is 5.91 Å². The fourth-order valence-corrected chi connectivity index (χ4v) is 4.81. The molecule has 0 radical (unpaired) electrons. The van der Waals surface area contributed by atoms with Crippen LogP contribution in [-0.2, 0) is 11.3 Å². The Bertz CT molecular complexity index is 1230. The second-order valence-electron chi connectivity index (χ2n) is 8.54. The zero-order valence-corrected chi connectivity index (χ0v) is 22.7. The Morgan fingerprint density at radius 3 is 2.43 bits per heavy atom. The molecule has 3 rings (SSSR count). The molecule has 0 spiro atoms. The van der Waals surface area contributed by atoms with Gasteiger partial charge in [0.1, 0.15) is 0 Å². The highest BCUT2D eigenvalue weighted by Crippen LogP contribution is 2.27. The van der Waals surface area contributed by atoms with Crippen LogP contribution in [0.25, 0.3) is 0 Å². The number of nitrogens with one attached hydrogen (secondary N) is 2. The number of amides is 2. The molecule has 0 saturated carbocycles. The van der Waals surface area contributed by atoms with Crippen LogP contribution >= 0.6 is 35.0 Å². The van der Waals surface area contributed by atoms with E-state index in [9.17, 15) is 9.59 Å². The highest BCUT2D eigenvalue weighted by molar-refractivity contribution is 7.99. The van der Waals surface area contributed by atoms with Crippen LogP contribution in [0.1, 0.15) is 54.1 Å². The summed E-state index contributed by atoms with van der Waals surface area (Å²) in [5, 5.41) is 16.0. The molecule has 2 N–H and O–H groups in total. The minimum Gasteiger partial charge on any atom is -0.342 e. The van der Waals surface area contributed by atoms with Crippen LogP contribution in [0.15, 0.2) is 41.6 Å². The maximum absolute atomic E-state index is 13.0. The van der Waals surface area contributed by atoms with Crippen LogP contribution in [0, 0.1) is 19.8 Å². The molecule has 0 unspecified atom stereocenters. The number of anilines is 1. The molecule has 2 aromatic carbocycles. The topological polar surface area (TPSA) is 88.9 Å². The molecule has 0 saturated heterocycles. The summed E-state index contributed by atoms with van der Waals surface area (Å²) in [5.41, 5.74) is 3.39. The third-order valence-electron chi connectivity index (χ3n) is 5.59. The molecule has 186 valence electrons. The first-order valence-electron chi connectivity index (χ1n) is 11.3. The predicted molar refractivity (Wildman–Crippen MR) is 142 cm³/mol. The van der Waals surface area contributed by atoms with Crippen molar-refractivity contribution in [3.05, 3.63) is 69.0 Å². The third kappa shape index (κ3) is 6.78. The minimum atomic E-state index is -0.402. The SMILES string of the molecule is CCn1c(SCC(=O)Nc2ccc(C)c(C)c2)nnc1[C@@H](NC(=O)c1ccc(Cl)cc1Cl)C(C)C. The van der Waals surface area contributed by atoms with Gasteiger partial charge in [0.2, 0.25) is 5.91 Å². The van der Waals surface area contributed by atoms with Gasteiger partial charge in [0.05, 0.1) is 22.4 Å². The molecular formula is C25H29Cl2N5O2S. The van der Waals surface area contributed by atoms with E-state index in [1.165, 1.54) is 23.4 Å². The summed E-state index contributed by atoms with van der Waals surface area (Å²) < 4.78 is 1.92. The van der Waals surface area contributed by atoms with Gasteiger partial charge in [-0.15, -0.1) is 10.2 Å². The van der Waals surface area contributed by atoms with E-state index in [0.29, 0.717) is 28.1 Å². The van der Waals surface area contributed by atoms with E-state index in [1.807, 2.05) is 57.4 Å². The lowest BCUT2D eigenvalue weighted by molar-refractivity contribution is -0.113. The number of aromatic nitrogens is 3. The Labute approximate surface area is 220 Å². The number of halogens is 2. The highest BCUT2D eigenvalue weighted by atomic mass is 35.5. The van der Waals surface area contributed by atoms with E-state index in [1.54, 1.807) is 12.1 Å². The van der Waals surface area contributed by atoms with Gasteiger partial charge in [-0.25, -0.2) is 0 Å². The molecular weight excluding hydrogens is 505 g/mol. The lowest BCUT2D eigenvalue weighted by Crippen LogP contribution is -2.34. The van der Waals surface area contributed by atoms with E-state index in [2.05, 4.69) is 20.8 Å². The third-order valence-corrected chi connectivity index (χ3v) is 7.11. The second kappa shape index (κ2) is 11.9. The van der Waals surface area contributed by atoms with Crippen molar-refractivity contribution in [3.8, 4) is 0 Å². The average Bonchev–Trinajstić information content (AvgIpc) is 3.20. The van der Waals surface area contributed by atoms with Crippen LogP contribution in [0.4, 0.5) is 5.69 Å². The van der Waals surface area contributed by atoms with Gasteiger partial charge >= 0.3 is 0 Å². The van der Waals surface area contributed by atoms with Crippen LogP contribution in [0.2, 0.25) is 10.0 Å². The molecule has 0 aliphatic rings. The van der Waals surface area contributed by atoms with Crippen LogP contribution < -0.4 is 10.6 Å². The predicted octanol–water partition coefficient (Wildman–Crippen LogP) is 6.08. The number of thioether (sulfide) groups is 1. The van der Waals surface area contributed by atoms with Crippen LogP contribution in [0.3, 0.4) is 0 Å². The van der Waals surface area contributed by atoms with Gasteiger partial charge in [-0.05, 0) is 68.1 Å². The van der Waals surface area contributed by atoms with Gasteiger partial charge in [0.15, 0.2) is 11.0 Å². The summed E-state index contributed by atoms with van der Waals surface area (Å²) in [4.78, 5) is 25.5. The molecule has 0 aliphatic heterocycles. The molecule has 3 aromatic rings. The first-order chi connectivity index (χ1) is 16.6. The Balaban J connectivity index is 1.72. The summed E-state index contributed by atoms with van der Waals surface area (Å²) in [5.74, 6) is 0.391. The zero-order valence-electron chi connectivity index (χ0n) is 20.4. The Hall–Kier alpha value is -2.55. The lowest BCUT2D eigenvalue weighted by Gasteiger charge is -2.22. The number of rotatable bonds is 9. The maximum Gasteiger partial charge on any atom is 0.253 e. The Morgan fingerprint density at radius 1 is 1.06 bits per heavy atom. The van der Waals surface area contributed by atoms with Gasteiger partial charge in [-0.2, -0.15) is 0 Å². The summed E-state index contributed by atoms with van der Waals surface area (Å²) in [6.07, 6.45) is 0. The number of nitrogens with zero attached hydrogens (tertiary/aromatic N) is 3. The van der Waals surface area contributed by atoms with Crippen molar-refractivity contribution in [2.45, 2.75) is 52.4 Å². The van der Waals surface area contributed by atoms with E-state index >= 15 is 0 Å². The van der Waals surface area contributed by atoms with Gasteiger partial charge in [0, 0.05) is 17.3 Å². The van der Waals surface area contributed by atoms with E-state index in [0.717, 1.165) is 11.3 Å². The van der Waals surface area contributed by atoms with Crippen molar-refractivity contribution >= 4 is 52.5 Å². The fourth-order valence-electron chi connectivity index (χ4n) is 3.50. The van der Waals surface area contributed by atoms with E-state index in [4.69, 9.17) is 23.2 Å². The first-order valence-corrected chi connectivity index (χ1v) is 13.0. The number of carbonyl (C=O) groups is 2. The molecule has 0 aliphatic carbocycles. The standard InChI is InChI=1S/C25H29Cl2N5O2S/c1-6-32-23(22(14(2)3)29-24(34)19-10-8-17(26)12-20(19)27)30-31-25(32)35-13-21(33)28-18-9-7-15(4)16(5)11-18/h7-12,14,22H,6,13H2,1-5H3,(H,28,33)(H,29,34)/t22-/m0/s1. The first kappa shape index (κ1) is 27.0. The van der Waals surface area contributed by atoms with Gasteiger partial charge in [-0.1, -0.05) is 54.9 Å². The molecule has 1 atom stereocenters. The fraction of sp³-hybridized carbons (Fsp3) is 0.360.